The van der Waals surface area contributed by atoms with Gasteiger partial charge in [-0.25, -0.2) is 14.2 Å². The smallest absolute Gasteiger partial charge is 0.352 e. The van der Waals surface area contributed by atoms with Crippen LogP contribution in [0.2, 0.25) is 0 Å². The first-order chi connectivity index (χ1) is 13.2. The SMILES string of the molecule is Cn1nnc2ccc(-c3ccn4nc(NCC(C)(C)C(F)(F)F)ncc34)cc21. The van der Waals surface area contributed by atoms with E-state index in [1.165, 1.54) is 0 Å². The Bertz CT molecular complexity index is 1160. The minimum Gasteiger partial charge on any atom is -0.352 e. The van der Waals surface area contributed by atoms with Gasteiger partial charge in [-0.3, -0.25) is 0 Å². The van der Waals surface area contributed by atoms with Gasteiger partial charge >= 0.3 is 6.18 Å². The Morgan fingerprint density at radius 2 is 1.89 bits per heavy atom. The minimum absolute atomic E-state index is 0.137. The van der Waals surface area contributed by atoms with Crippen LogP contribution in [0.3, 0.4) is 0 Å². The van der Waals surface area contributed by atoms with E-state index in [2.05, 4.69) is 25.7 Å². The van der Waals surface area contributed by atoms with Crippen LogP contribution >= 0.6 is 0 Å². The molecule has 4 aromatic rings. The van der Waals surface area contributed by atoms with Gasteiger partial charge in [-0.15, -0.1) is 10.2 Å². The number of aromatic nitrogens is 6. The summed E-state index contributed by atoms with van der Waals surface area (Å²) in [5.74, 6) is 0.137. The number of benzene rings is 1. The van der Waals surface area contributed by atoms with E-state index in [0.717, 1.165) is 41.5 Å². The van der Waals surface area contributed by atoms with Crippen LogP contribution in [0.25, 0.3) is 27.7 Å². The lowest BCUT2D eigenvalue weighted by Crippen LogP contribution is -2.38. The van der Waals surface area contributed by atoms with Gasteiger partial charge in [0.1, 0.15) is 5.52 Å². The molecule has 0 aliphatic heterocycles. The molecule has 0 atom stereocenters. The molecule has 10 heteroatoms. The van der Waals surface area contributed by atoms with Crippen molar-refractivity contribution in [1.82, 2.24) is 29.6 Å². The Morgan fingerprint density at radius 1 is 1.11 bits per heavy atom. The molecule has 0 saturated heterocycles. The molecule has 28 heavy (non-hydrogen) atoms. The minimum atomic E-state index is -4.32. The number of rotatable bonds is 4. The number of nitrogens with one attached hydrogen (secondary N) is 1. The quantitative estimate of drug-likeness (QED) is 0.576. The summed E-state index contributed by atoms with van der Waals surface area (Å²) in [6.45, 7) is 1.95. The first kappa shape index (κ1) is 18.2. The first-order valence-corrected chi connectivity index (χ1v) is 8.60. The van der Waals surface area contributed by atoms with Crippen LogP contribution in [0.1, 0.15) is 13.8 Å². The van der Waals surface area contributed by atoms with E-state index in [-0.39, 0.29) is 12.5 Å². The molecule has 7 nitrogen and oxygen atoms in total. The number of nitrogens with zero attached hydrogens (tertiary/aromatic N) is 6. The summed E-state index contributed by atoms with van der Waals surface area (Å²) in [5, 5.41) is 15.0. The van der Waals surface area contributed by atoms with Crippen LogP contribution < -0.4 is 5.32 Å². The van der Waals surface area contributed by atoms with Crippen LogP contribution in [-0.2, 0) is 7.05 Å². The Hall–Kier alpha value is -3.17. The van der Waals surface area contributed by atoms with Gasteiger partial charge in [-0.1, -0.05) is 11.3 Å². The molecule has 0 amide bonds. The third kappa shape index (κ3) is 3.04. The van der Waals surface area contributed by atoms with E-state index in [9.17, 15) is 13.2 Å². The molecule has 3 aromatic heterocycles. The fraction of sp³-hybridized carbons (Fsp3) is 0.333. The summed E-state index contributed by atoms with van der Waals surface area (Å²) in [6.07, 6.45) is -0.973. The van der Waals surface area contributed by atoms with Crippen molar-refractivity contribution in [1.29, 1.82) is 0 Å². The highest BCUT2D eigenvalue weighted by Crippen LogP contribution is 2.37. The van der Waals surface area contributed by atoms with Gasteiger partial charge in [0.2, 0.25) is 5.95 Å². The first-order valence-electron chi connectivity index (χ1n) is 8.60. The van der Waals surface area contributed by atoms with Gasteiger partial charge in [0.05, 0.1) is 22.6 Å². The van der Waals surface area contributed by atoms with E-state index >= 15 is 0 Å². The van der Waals surface area contributed by atoms with Crippen molar-refractivity contribution in [2.24, 2.45) is 12.5 Å². The Morgan fingerprint density at radius 3 is 2.64 bits per heavy atom. The van der Waals surface area contributed by atoms with Gasteiger partial charge < -0.3 is 5.32 Å². The third-order valence-electron chi connectivity index (χ3n) is 4.79. The zero-order chi connectivity index (χ0) is 20.1. The molecule has 0 bridgehead atoms. The second kappa shape index (κ2) is 6.18. The lowest BCUT2D eigenvalue weighted by molar-refractivity contribution is -0.206. The van der Waals surface area contributed by atoms with Crippen molar-refractivity contribution in [2.75, 3.05) is 11.9 Å². The molecule has 0 spiro atoms. The molecule has 1 aromatic carbocycles. The van der Waals surface area contributed by atoms with Gasteiger partial charge in [-0.2, -0.15) is 13.2 Å². The molecular formula is C18H18F3N7. The molecule has 0 fully saturated rings. The van der Waals surface area contributed by atoms with E-state index in [1.54, 1.807) is 21.6 Å². The Kier molecular flexibility index (Phi) is 4.02. The lowest BCUT2D eigenvalue weighted by Gasteiger charge is -2.27. The maximum absolute atomic E-state index is 13.0. The number of alkyl halides is 3. The highest BCUT2D eigenvalue weighted by molar-refractivity contribution is 5.87. The molecule has 0 unspecified atom stereocenters. The van der Waals surface area contributed by atoms with Crippen molar-refractivity contribution >= 4 is 22.5 Å². The standard InChI is InChI=1S/C18H18F3N7/c1-17(2,18(19,20)21)10-23-16-22-9-15-12(6-7-28(15)25-16)11-4-5-13-14(8-11)27(3)26-24-13/h4-9H,10H2,1-3H3,(H,23,25). The molecule has 0 aliphatic carbocycles. The third-order valence-corrected chi connectivity index (χ3v) is 4.79. The predicted octanol–water partition coefficient (Wildman–Crippen LogP) is 3.68. The molecule has 3 heterocycles. The molecular weight excluding hydrogens is 371 g/mol. The molecule has 1 N–H and O–H groups in total. The van der Waals surface area contributed by atoms with Gasteiger partial charge in [0.25, 0.3) is 0 Å². The zero-order valence-corrected chi connectivity index (χ0v) is 15.5. The van der Waals surface area contributed by atoms with Crippen LogP contribution in [-0.4, -0.2) is 42.3 Å². The fourth-order valence-corrected chi connectivity index (χ4v) is 2.82. The normalized spacial score (nSPS) is 12.8. The van der Waals surface area contributed by atoms with Crippen LogP contribution in [0, 0.1) is 5.41 Å². The van der Waals surface area contributed by atoms with Crippen molar-refractivity contribution in [3.05, 3.63) is 36.7 Å². The van der Waals surface area contributed by atoms with Gasteiger partial charge in [-0.05, 0) is 37.6 Å². The lowest BCUT2D eigenvalue weighted by atomic mass is 9.93. The highest BCUT2D eigenvalue weighted by Gasteiger charge is 2.47. The van der Waals surface area contributed by atoms with E-state index < -0.39 is 11.6 Å². The highest BCUT2D eigenvalue weighted by atomic mass is 19.4. The summed E-state index contributed by atoms with van der Waals surface area (Å²) in [6, 6.07) is 7.68. The number of anilines is 1. The predicted molar refractivity (Wildman–Crippen MR) is 98.8 cm³/mol. The molecule has 0 radical (unpaired) electrons. The van der Waals surface area contributed by atoms with Crippen molar-refractivity contribution < 1.29 is 13.2 Å². The van der Waals surface area contributed by atoms with Crippen LogP contribution in [0.5, 0.6) is 0 Å². The number of fused-ring (bicyclic) bond motifs is 2. The fourth-order valence-electron chi connectivity index (χ4n) is 2.82. The van der Waals surface area contributed by atoms with Gasteiger partial charge in [0.15, 0.2) is 0 Å². The van der Waals surface area contributed by atoms with E-state index in [0.29, 0.717) is 0 Å². The average molecular weight is 389 g/mol. The zero-order valence-electron chi connectivity index (χ0n) is 15.5. The van der Waals surface area contributed by atoms with Crippen molar-refractivity contribution in [3.63, 3.8) is 0 Å². The maximum atomic E-state index is 13.0. The summed E-state index contributed by atoms with van der Waals surface area (Å²) in [4.78, 5) is 4.18. The summed E-state index contributed by atoms with van der Waals surface area (Å²) >= 11 is 0. The molecule has 4 rings (SSSR count). The second-order valence-corrected chi connectivity index (χ2v) is 7.29. The second-order valence-electron chi connectivity index (χ2n) is 7.29. The summed E-state index contributed by atoms with van der Waals surface area (Å²) in [7, 11) is 1.82. The number of hydrogen-bond acceptors (Lipinski definition) is 5. The Labute approximate surface area is 158 Å². The van der Waals surface area contributed by atoms with Crippen LogP contribution in [0.15, 0.2) is 36.7 Å². The van der Waals surface area contributed by atoms with E-state index in [4.69, 9.17) is 0 Å². The summed E-state index contributed by atoms with van der Waals surface area (Å²) < 4.78 is 42.3. The largest absolute Gasteiger partial charge is 0.395 e. The maximum Gasteiger partial charge on any atom is 0.395 e. The van der Waals surface area contributed by atoms with Crippen molar-refractivity contribution in [2.45, 2.75) is 20.0 Å². The van der Waals surface area contributed by atoms with Crippen molar-refractivity contribution in [3.8, 4) is 11.1 Å². The number of aryl methyl sites for hydroxylation is 1. The molecule has 0 aliphatic rings. The number of halogens is 3. The van der Waals surface area contributed by atoms with E-state index in [1.807, 2.05) is 31.3 Å². The summed E-state index contributed by atoms with van der Waals surface area (Å²) in [5.41, 5.74) is 2.40. The number of hydrogen-bond donors (Lipinski definition) is 1. The monoisotopic (exact) mass is 389 g/mol. The topological polar surface area (TPSA) is 72.9 Å². The average Bonchev–Trinajstić information content (AvgIpc) is 3.22. The van der Waals surface area contributed by atoms with Gasteiger partial charge in [0, 0.05) is 25.4 Å². The van der Waals surface area contributed by atoms with Crippen LogP contribution in [0.4, 0.5) is 19.1 Å². The Balaban J connectivity index is 1.63. The molecule has 146 valence electrons. The molecule has 0 saturated carbocycles.